The number of fused-ring (bicyclic) bond motifs is 1. The minimum atomic E-state index is -3.27. The van der Waals surface area contributed by atoms with Crippen LogP contribution in [0, 0.1) is 0 Å². The van der Waals surface area contributed by atoms with Crippen molar-refractivity contribution in [1.82, 2.24) is 4.72 Å². The molecule has 0 amide bonds. The average Bonchev–Trinajstić information content (AvgIpc) is 2.95. The lowest BCUT2D eigenvalue weighted by molar-refractivity contribution is -0.139. The van der Waals surface area contributed by atoms with Gasteiger partial charge in [0.2, 0.25) is 0 Å². The summed E-state index contributed by atoms with van der Waals surface area (Å²) in [6.07, 6.45) is 5.70. The quantitative estimate of drug-likeness (QED) is 0.203. The van der Waals surface area contributed by atoms with Gasteiger partial charge in [0.25, 0.3) is 0 Å². The van der Waals surface area contributed by atoms with Crippen LogP contribution in [0.5, 0.6) is 0 Å². The van der Waals surface area contributed by atoms with Crippen LogP contribution in [-0.4, -0.2) is 45.8 Å². The van der Waals surface area contributed by atoms with Crippen molar-refractivity contribution in [3.8, 4) is 0 Å². The lowest BCUT2D eigenvalue weighted by Gasteiger charge is -2.42. The minimum Gasteiger partial charge on any atom is -0.465 e. The Morgan fingerprint density at radius 2 is 1.94 bits per heavy atom. The second-order valence-corrected chi connectivity index (χ2v) is 12.3. The lowest BCUT2D eigenvalue weighted by atomic mass is 9.89. The first-order valence-electron chi connectivity index (χ1n) is 12.1. The third-order valence-electron chi connectivity index (χ3n) is 6.32. The highest BCUT2D eigenvalue weighted by molar-refractivity contribution is 8.22. The largest absolute Gasteiger partial charge is 0.465 e. The highest BCUT2D eigenvalue weighted by Crippen LogP contribution is 2.56. The topological polar surface area (TPSA) is 82.0 Å². The van der Waals surface area contributed by atoms with E-state index in [-0.39, 0.29) is 11.7 Å². The number of ether oxygens (including phenoxy) is 1. The molecule has 2 aromatic rings. The van der Waals surface area contributed by atoms with Crippen LogP contribution in [-0.2, 0) is 15.3 Å². The van der Waals surface area contributed by atoms with Crippen LogP contribution in [0.4, 0.5) is 11.4 Å². The van der Waals surface area contributed by atoms with E-state index in [2.05, 4.69) is 41.7 Å². The Kier molecular flexibility index (Phi) is 10.3. The first kappa shape index (κ1) is 28.2. The smallest absolute Gasteiger partial charge is 0.315 e. The van der Waals surface area contributed by atoms with Gasteiger partial charge in [-0.25, -0.2) is 4.72 Å². The summed E-state index contributed by atoms with van der Waals surface area (Å²) in [5.74, 6) is 0.611. The van der Waals surface area contributed by atoms with Crippen molar-refractivity contribution < 1.29 is 18.6 Å². The van der Waals surface area contributed by atoms with E-state index in [1.54, 1.807) is 18.7 Å². The predicted octanol–water partition coefficient (Wildman–Crippen LogP) is 7.31. The molecule has 194 valence electrons. The van der Waals surface area contributed by atoms with Gasteiger partial charge in [0.1, 0.15) is 0 Å². The molecule has 2 aromatic carbocycles. The van der Waals surface area contributed by atoms with Gasteiger partial charge in [0.05, 0.1) is 28.5 Å². The fourth-order valence-electron chi connectivity index (χ4n) is 4.40. The second kappa shape index (κ2) is 12.7. The van der Waals surface area contributed by atoms with E-state index >= 15 is 0 Å². The maximum Gasteiger partial charge on any atom is 0.315 e. The summed E-state index contributed by atoms with van der Waals surface area (Å²) in [5, 5.41) is 0. The van der Waals surface area contributed by atoms with Crippen LogP contribution in [0.1, 0.15) is 52.0 Å². The molecule has 0 saturated carbocycles. The maximum absolute atomic E-state index is 11.8. The van der Waals surface area contributed by atoms with Crippen LogP contribution in [0.25, 0.3) is 0 Å². The monoisotopic (exact) mass is 538 g/mol. The third-order valence-corrected chi connectivity index (χ3v) is 9.75. The van der Waals surface area contributed by atoms with Crippen LogP contribution < -0.4 is 9.62 Å². The molecule has 1 aliphatic rings. The molecular weight excluding hydrogens is 500 g/mol. The highest BCUT2D eigenvalue weighted by atomic mass is 32.3. The maximum atomic E-state index is 11.8. The molecule has 0 bridgehead atoms. The van der Waals surface area contributed by atoms with Gasteiger partial charge in [-0.3, -0.25) is 13.9 Å². The number of hydrogen-bond acceptors (Lipinski definition) is 8. The van der Waals surface area contributed by atoms with E-state index in [0.29, 0.717) is 23.8 Å². The van der Waals surface area contributed by atoms with Gasteiger partial charge in [0.15, 0.2) is 0 Å². The zero-order valence-electron chi connectivity index (χ0n) is 21.1. The molecule has 6 nitrogen and oxygen atoms in total. The fraction of sp³-hybridized carbons (Fsp3) is 0.500. The lowest BCUT2D eigenvalue weighted by Crippen LogP contribution is -2.51. The van der Waals surface area contributed by atoms with E-state index < -0.39 is 16.3 Å². The number of carbonyl (C=O) groups excluding carboxylic acids is 1. The van der Waals surface area contributed by atoms with Crippen molar-refractivity contribution >= 4 is 51.6 Å². The summed E-state index contributed by atoms with van der Waals surface area (Å²) in [6, 6.07) is 14.2. The molecule has 0 radical (unpaired) electrons. The van der Waals surface area contributed by atoms with Gasteiger partial charge in [0, 0.05) is 22.9 Å². The number of esters is 1. The molecule has 3 N–H and O–H groups in total. The Labute approximate surface area is 220 Å². The van der Waals surface area contributed by atoms with Crippen molar-refractivity contribution in [2.75, 3.05) is 30.1 Å². The molecular formula is C26H38N2O4S3. The van der Waals surface area contributed by atoms with Crippen molar-refractivity contribution in [3.05, 3.63) is 48.0 Å². The number of hydrogen-bond donors (Lipinski definition) is 3. The molecule has 35 heavy (non-hydrogen) atoms. The SMILES string of the molecule is CCCCC1(CC)CN(c2ccccc2)c2cc(SC)c(CSCC(=O)OCC)cc2S(O)(O)N1. The highest BCUT2D eigenvalue weighted by Gasteiger charge is 2.41. The zero-order valence-corrected chi connectivity index (χ0v) is 23.5. The van der Waals surface area contributed by atoms with Gasteiger partial charge in [-0.2, -0.15) is 0 Å². The molecule has 0 aliphatic carbocycles. The molecule has 9 heteroatoms. The predicted molar refractivity (Wildman–Crippen MR) is 151 cm³/mol. The Hall–Kier alpha value is -1.36. The van der Waals surface area contributed by atoms with Crippen LogP contribution in [0.15, 0.2) is 52.3 Å². The van der Waals surface area contributed by atoms with Crippen molar-refractivity contribution in [3.63, 3.8) is 0 Å². The van der Waals surface area contributed by atoms with Gasteiger partial charge < -0.3 is 9.64 Å². The molecule has 0 fully saturated rings. The number of rotatable bonds is 11. The van der Waals surface area contributed by atoms with Crippen LogP contribution in [0.2, 0.25) is 0 Å². The fourth-order valence-corrected chi connectivity index (χ4v) is 7.72. The van der Waals surface area contributed by atoms with Crippen LogP contribution in [0.3, 0.4) is 0 Å². The molecule has 1 heterocycles. The van der Waals surface area contributed by atoms with Crippen LogP contribution >= 0.6 is 34.3 Å². The summed E-state index contributed by atoms with van der Waals surface area (Å²) < 4.78 is 31.4. The molecule has 1 unspecified atom stereocenters. The summed E-state index contributed by atoms with van der Waals surface area (Å²) in [6.45, 7) is 7.08. The number of anilines is 2. The van der Waals surface area contributed by atoms with E-state index in [1.165, 1.54) is 11.8 Å². The number of nitrogens with one attached hydrogen (secondary N) is 1. The van der Waals surface area contributed by atoms with E-state index in [1.807, 2.05) is 30.5 Å². The molecule has 0 saturated heterocycles. The van der Waals surface area contributed by atoms with Crippen molar-refractivity contribution in [2.24, 2.45) is 0 Å². The number of para-hydroxylation sites is 1. The molecule has 3 rings (SSSR count). The molecule has 0 aromatic heterocycles. The third kappa shape index (κ3) is 6.90. The zero-order chi connectivity index (χ0) is 25.5. The molecule has 1 aliphatic heterocycles. The summed E-state index contributed by atoms with van der Waals surface area (Å²) in [4.78, 5) is 15.6. The first-order valence-corrected chi connectivity index (χ1v) is 16.1. The van der Waals surface area contributed by atoms with Gasteiger partial charge >= 0.3 is 5.97 Å². The molecule has 0 spiro atoms. The Balaban J connectivity index is 2.08. The summed E-state index contributed by atoms with van der Waals surface area (Å²) in [5.41, 5.74) is 2.39. The van der Waals surface area contributed by atoms with E-state index in [4.69, 9.17) is 4.74 Å². The molecule has 1 atom stereocenters. The summed E-state index contributed by atoms with van der Waals surface area (Å²) >= 11 is 3.11. The first-order chi connectivity index (χ1) is 16.8. The Morgan fingerprint density at radius 1 is 1.20 bits per heavy atom. The minimum absolute atomic E-state index is 0.233. The Bertz CT molecular complexity index is 990. The van der Waals surface area contributed by atoms with Gasteiger partial charge in [-0.05, 0) is 55.9 Å². The number of thioether (sulfide) groups is 2. The standard InChI is InChI=1S/C26H38N2O4S3/c1-5-8-14-26(6-2)19-28(21-12-10-9-11-13-21)22-16-23(33-4)20(15-24(22)35(30,31)27-26)17-34-18-25(29)32-7-3/h9-13,15-16,27,30-31H,5-8,14,17-19H2,1-4H3. The average molecular weight is 539 g/mol. The van der Waals surface area contributed by atoms with Gasteiger partial charge in [-0.15, -0.1) is 34.3 Å². The number of nitrogens with zero attached hydrogens (tertiary/aromatic N) is 1. The van der Waals surface area contributed by atoms with Gasteiger partial charge in [-0.1, -0.05) is 44.9 Å². The van der Waals surface area contributed by atoms with E-state index in [0.717, 1.165) is 47.5 Å². The Morgan fingerprint density at radius 3 is 2.57 bits per heavy atom. The van der Waals surface area contributed by atoms with Crippen molar-refractivity contribution in [1.29, 1.82) is 0 Å². The van der Waals surface area contributed by atoms with E-state index in [9.17, 15) is 13.9 Å². The summed E-state index contributed by atoms with van der Waals surface area (Å²) in [7, 11) is -3.27. The number of carbonyl (C=O) groups is 1. The second-order valence-electron chi connectivity index (χ2n) is 8.74. The number of benzene rings is 2. The normalized spacial score (nSPS) is 20.1. The number of unbranched alkanes of at least 4 members (excludes halogenated alkanes) is 1. The van der Waals surface area contributed by atoms with Crippen molar-refractivity contribution in [2.45, 2.75) is 67.5 Å².